The summed E-state index contributed by atoms with van der Waals surface area (Å²) < 4.78 is 5.27. The molecule has 0 heterocycles. The lowest BCUT2D eigenvalue weighted by Crippen LogP contribution is -2.29. The molecule has 0 amide bonds. The molecule has 118 valence electrons. The Kier molecular flexibility index (Phi) is 4.09. The minimum atomic E-state index is -0.842. The van der Waals surface area contributed by atoms with Gasteiger partial charge in [-0.15, -0.1) is 0 Å². The lowest BCUT2D eigenvalue weighted by atomic mass is 9.74. The van der Waals surface area contributed by atoms with Crippen LogP contribution in [0.1, 0.15) is 34.0 Å². The zero-order chi connectivity index (χ0) is 16.8. The van der Waals surface area contributed by atoms with Crippen LogP contribution in [0, 0.1) is 0 Å². The molecule has 0 bridgehead atoms. The van der Waals surface area contributed by atoms with Gasteiger partial charge in [0, 0.05) is 22.7 Å². The van der Waals surface area contributed by atoms with E-state index in [9.17, 15) is 4.79 Å². The monoisotopic (exact) mass is 346 g/mol. The van der Waals surface area contributed by atoms with Crippen LogP contribution in [0.25, 0.3) is 5.57 Å². The predicted molar refractivity (Wildman–Crippen MR) is 94.3 cm³/mol. The molecule has 0 aromatic heterocycles. The third-order valence-corrected chi connectivity index (χ3v) is 4.99. The van der Waals surface area contributed by atoms with Crippen molar-refractivity contribution in [2.75, 3.05) is 7.11 Å². The number of ketones is 1. The molecule has 1 unspecified atom stereocenters. The number of ether oxygens (including phenoxy) is 1. The van der Waals surface area contributed by atoms with Gasteiger partial charge in [-0.05, 0) is 53.5 Å². The topological polar surface area (TPSA) is 26.3 Å². The molecular formula is C19H16Cl2O2. The Morgan fingerprint density at radius 3 is 2.43 bits per heavy atom. The smallest absolute Gasteiger partial charge is 0.178 e. The van der Waals surface area contributed by atoms with Crippen molar-refractivity contribution in [1.82, 2.24) is 0 Å². The molecule has 0 radical (unpaired) electrons. The van der Waals surface area contributed by atoms with Gasteiger partial charge in [0.25, 0.3) is 0 Å². The Labute approximate surface area is 145 Å². The third kappa shape index (κ3) is 2.42. The molecule has 4 heteroatoms. The van der Waals surface area contributed by atoms with Crippen molar-refractivity contribution in [2.24, 2.45) is 0 Å². The second-order valence-electron chi connectivity index (χ2n) is 5.86. The zero-order valence-corrected chi connectivity index (χ0v) is 14.5. The first kappa shape index (κ1) is 16.3. The fourth-order valence-corrected chi connectivity index (χ4v) is 3.62. The number of hydrogen-bond donors (Lipinski definition) is 0. The maximum atomic E-state index is 13.1. The lowest BCUT2D eigenvalue weighted by molar-refractivity contribution is 0.0940. The highest BCUT2D eigenvalue weighted by atomic mass is 35.5. The van der Waals surface area contributed by atoms with Gasteiger partial charge in [-0.25, -0.2) is 0 Å². The first-order valence-electron chi connectivity index (χ1n) is 7.21. The van der Waals surface area contributed by atoms with E-state index in [1.54, 1.807) is 25.3 Å². The minimum Gasteiger partial charge on any atom is -0.380 e. The number of hydrogen-bond acceptors (Lipinski definition) is 2. The molecule has 0 spiro atoms. The van der Waals surface area contributed by atoms with Gasteiger partial charge in [0.2, 0.25) is 0 Å². The third-order valence-electron chi connectivity index (χ3n) is 4.51. The summed E-state index contributed by atoms with van der Waals surface area (Å²) in [6, 6.07) is 10.9. The Hall–Kier alpha value is -1.61. The Bertz CT molecular complexity index is 826. The first-order chi connectivity index (χ1) is 10.9. The number of carbonyl (C=O) groups excluding carboxylic acids is 1. The number of halogens is 2. The SMILES string of the molecule is C=C1c2ccc(Cl)cc2C(=O)C1(C)c1ccc(Cl)cc1COC. The Balaban J connectivity index is 2.21. The lowest BCUT2D eigenvalue weighted by Gasteiger charge is -2.27. The van der Waals surface area contributed by atoms with E-state index in [2.05, 4.69) is 6.58 Å². The largest absolute Gasteiger partial charge is 0.380 e. The van der Waals surface area contributed by atoms with E-state index in [1.807, 2.05) is 25.1 Å². The van der Waals surface area contributed by atoms with Crippen LogP contribution in [0.2, 0.25) is 10.0 Å². The second-order valence-corrected chi connectivity index (χ2v) is 6.73. The van der Waals surface area contributed by atoms with Gasteiger partial charge in [-0.3, -0.25) is 4.79 Å². The van der Waals surface area contributed by atoms with Crippen molar-refractivity contribution >= 4 is 34.6 Å². The average Bonchev–Trinajstić information content (AvgIpc) is 2.70. The number of fused-ring (bicyclic) bond motifs is 1. The molecule has 0 aliphatic heterocycles. The van der Waals surface area contributed by atoms with Crippen molar-refractivity contribution in [3.8, 4) is 0 Å². The van der Waals surface area contributed by atoms with Gasteiger partial charge in [-0.2, -0.15) is 0 Å². The van der Waals surface area contributed by atoms with E-state index in [1.165, 1.54) is 0 Å². The predicted octanol–water partition coefficient (Wildman–Crippen LogP) is 5.31. The average molecular weight is 347 g/mol. The van der Waals surface area contributed by atoms with E-state index in [0.717, 1.165) is 22.3 Å². The molecule has 3 rings (SSSR count). The summed E-state index contributed by atoms with van der Waals surface area (Å²) in [5, 5.41) is 1.16. The molecule has 0 N–H and O–H groups in total. The number of Topliss-reactive ketones (excluding diaryl/α,β-unsaturated/α-hetero) is 1. The summed E-state index contributed by atoms with van der Waals surface area (Å²) in [5.74, 6) is -0.000300. The van der Waals surface area contributed by atoms with Crippen molar-refractivity contribution < 1.29 is 9.53 Å². The standard InChI is InChI=1S/C19H16Cl2O2/c1-11-15-6-4-14(21)9-16(15)18(22)19(11,2)17-7-5-13(20)8-12(17)10-23-3/h4-9H,1,10H2,2-3H3. The summed E-state index contributed by atoms with van der Waals surface area (Å²) >= 11 is 12.2. The normalized spacial score (nSPS) is 20.0. The van der Waals surface area contributed by atoms with Crippen LogP contribution in [-0.2, 0) is 16.8 Å². The fraction of sp³-hybridized carbons (Fsp3) is 0.211. The highest BCUT2D eigenvalue weighted by Crippen LogP contribution is 2.49. The maximum absolute atomic E-state index is 13.1. The van der Waals surface area contributed by atoms with Crippen LogP contribution in [-0.4, -0.2) is 12.9 Å². The summed E-state index contributed by atoms with van der Waals surface area (Å²) in [5.41, 5.74) is 3.14. The van der Waals surface area contributed by atoms with E-state index in [0.29, 0.717) is 22.2 Å². The summed E-state index contributed by atoms with van der Waals surface area (Å²) in [4.78, 5) is 13.1. The highest BCUT2D eigenvalue weighted by Gasteiger charge is 2.47. The van der Waals surface area contributed by atoms with Gasteiger partial charge < -0.3 is 4.74 Å². The van der Waals surface area contributed by atoms with Crippen LogP contribution in [0.4, 0.5) is 0 Å². The van der Waals surface area contributed by atoms with Gasteiger partial charge in [0.1, 0.15) is 0 Å². The first-order valence-corrected chi connectivity index (χ1v) is 7.97. The summed E-state index contributed by atoms with van der Waals surface area (Å²) in [6.45, 7) is 6.47. The number of carbonyl (C=O) groups is 1. The Morgan fingerprint density at radius 2 is 1.74 bits per heavy atom. The maximum Gasteiger partial charge on any atom is 0.178 e. The number of methoxy groups -OCH3 is 1. The molecule has 1 aliphatic carbocycles. The molecular weight excluding hydrogens is 331 g/mol. The van der Waals surface area contributed by atoms with Crippen LogP contribution in [0.3, 0.4) is 0 Å². The van der Waals surface area contributed by atoms with E-state index >= 15 is 0 Å². The van der Waals surface area contributed by atoms with E-state index in [4.69, 9.17) is 27.9 Å². The fourth-order valence-electron chi connectivity index (χ4n) is 3.25. The zero-order valence-electron chi connectivity index (χ0n) is 13.0. The van der Waals surface area contributed by atoms with Crippen molar-refractivity contribution in [1.29, 1.82) is 0 Å². The Morgan fingerprint density at radius 1 is 1.09 bits per heavy atom. The minimum absolute atomic E-state index is 0.000300. The van der Waals surface area contributed by atoms with Gasteiger partial charge in [0.15, 0.2) is 5.78 Å². The molecule has 2 nitrogen and oxygen atoms in total. The molecule has 2 aromatic carbocycles. The summed E-state index contributed by atoms with van der Waals surface area (Å²) in [7, 11) is 1.62. The second kappa shape index (κ2) is 5.79. The van der Waals surface area contributed by atoms with Crippen LogP contribution in [0.5, 0.6) is 0 Å². The van der Waals surface area contributed by atoms with Gasteiger partial charge >= 0.3 is 0 Å². The van der Waals surface area contributed by atoms with Gasteiger partial charge in [0.05, 0.1) is 12.0 Å². The highest BCUT2D eigenvalue weighted by molar-refractivity contribution is 6.32. The molecule has 0 saturated heterocycles. The number of allylic oxidation sites excluding steroid dienone is 1. The molecule has 2 aromatic rings. The van der Waals surface area contributed by atoms with Crippen molar-refractivity contribution in [2.45, 2.75) is 18.9 Å². The van der Waals surface area contributed by atoms with Crippen molar-refractivity contribution in [3.63, 3.8) is 0 Å². The molecule has 1 atom stereocenters. The van der Waals surface area contributed by atoms with Crippen LogP contribution >= 0.6 is 23.2 Å². The molecule has 23 heavy (non-hydrogen) atoms. The van der Waals surface area contributed by atoms with E-state index in [-0.39, 0.29) is 5.78 Å². The molecule has 0 fully saturated rings. The molecule has 1 aliphatic rings. The van der Waals surface area contributed by atoms with Crippen LogP contribution < -0.4 is 0 Å². The number of rotatable bonds is 3. The van der Waals surface area contributed by atoms with Gasteiger partial charge in [-0.1, -0.05) is 41.9 Å². The number of benzene rings is 2. The quantitative estimate of drug-likeness (QED) is 0.752. The van der Waals surface area contributed by atoms with E-state index < -0.39 is 5.41 Å². The molecule has 0 saturated carbocycles. The van der Waals surface area contributed by atoms with Crippen molar-refractivity contribution in [3.05, 3.63) is 75.3 Å². The summed E-state index contributed by atoms with van der Waals surface area (Å²) in [6.07, 6.45) is 0. The van der Waals surface area contributed by atoms with Crippen LogP contribution in [0.15, 0.2) is 43.0 Å².